The summed E-state index contributed by atoms with van der Waals surface area (Å²) >= 11 is 0. The van der Waals surface area contributed by atoms with E-state index in [0.717, 1.165) is 5.56 Å². The Morgan fingerprint density at radius 3 is 1.95 bits per heavy atom. The van der Waals surface area contributed by atoms with E-state index < -0.39 is 12.1 Å². The van der Waals surface area contributed by atoms with Crippen LogP contribution in [0.5, 0.6) is 0 Å². The van der Waals surface area contributed by atoms with E-state index in [1.54, 1.807) is 0 Å². The summed E-state index contributed by atoms with van der Waals surface area (Å²) in [6.07, 6.45) is 1.20. The maximum absolute atomic E-state index is 12.0. The van der Waals surface area contributed by atoms with Gasteiger partial charge in [-0.25, -0.2) is 0 Å². The van der Waals surface area contributed by atoms with E-state index in [4.69, 9.17) is 9.47 Å². The molecule has 0 spiro atoms. The molecule has 2 rings (SSSR count). The predicted octanol–water partition coefficient (Wildman–Crippen LogP) is 1.93. The number of ether oxygens (including phenoxy) is 2. The number of nitrogens with zero attached hydrogens (tertiary/aromatic N) is 1. The highest BCUT2D eigenvalue weighted by atomic mass is 16.5. The van der Waals surface area contributed by atoms with Crippen LogP contribution in [-0.2, 0) is 19.1 Å². The SMILES string of the molecule is COC(=O)C1CCC(C(=O)OC)N1C(C)c1ccccc1. The Morgan fingerprint density at radius 2 is 1.52 bits per heavy atom. The molecular weight excluding hydrogens is 270 g/mol. The fourth-order valence-electron chi connectivity index (χ4n) is 3.03. The van der Waals surface area contributed by atoms with Gasteiger partial charge in [0, 0.05) is 6.04 Å². The van der Waals surface area contributed by atoms with Crippen LogP contribution in [0.4, 0.5) is 0 Å². The molecule has 0 N–H and O–H groups in total. The third-order valence-corrected chi connectivity index (χ3v) is 4.11. The Bertz CT molecular complexity index is 478. The third kappa shape index (κ3) is 3.08. The van der Waals surface area contributed by atoms with E-state index in [-0.39, 0.29) is 18.0 Å². The number of benzene rings is 1. The molecule has 3 unspecified atom stereocenters. The minimum atomic E-state index is -0.408. The summed E-state index contributed by atoms with van der Waals surface area (Å²) in [5.74, 6) is -0.603. The Hall–Kier alpha value is -1.88. The third-order valence-electron chi connectivity index (χ3n) is 4.11. The normalized spacial score (nSPS) is 23.6. The number of methoxy groups -OCH3 is 2. The summed E-state index contributed by atoms with van der Waals surface area (Å²) in [7, 11) is 2.75. The zero-order chi connectivity index (χ0) is 15.4. The zero-order valence-electron chi connectivity index (χ0n) is 12.6. The first-order chi connectivity index (χ1) is 10.1. The summed E-state index contributed by atoms with van der Waals surface area (Å²) < 4.78 is 9.76. The second-order valence-electron chi connectivity index (χ2n) is 5.19. The van der Waals surface area contributed by atoms with E-state index in [1.807, 2.05) is 42.2 Å². The maximum atomic E-state index is 12.0. The lowest BCUT2D eigenvalue weighted by molar-refractivity contribution is -0.152. The van der Waals surface area contributed by atoms with E-state index >= 15 is 0 Å². The van der Waals surface area contributed by atoms with Crippen LogP contribution in [0.25, 0.3) is 0 Å². The fraction of sp³-hybridized carbons (Fsp3) is 0.500. The number of rotatable bonds is 4. The van der Waals surface area contributed by atoms with Gasteiger partial charge in [0.1, 0.15) is 12.1 Å². The standard InChI is InChI=1S/C16H21NO4/c1-11(12-7-5-4-6-8-12)17-13(15(18)20-2)9-10-14(17)16(19)21-3/h4-8,11,13-14H,9-10H2,1-3H3. The van der Waals surface area contributed by atoms with Crippen molar-refractivity contribution in [1.82, 2.24) is 4.90 Å². The van der Waals surface area contributed by atoms with Gasteiger partial charge in [-0.05, 0) is 25.3 Å². The molecule has 0 radical (unpaired) electrons. The number of hydrogen-bond donors (Lipinski definition) is 0. The molecule has 1 fully saturated rings. The van der Waals surface area contributed by atoms with Gasteiger partial charge in [0.2, 0.25) is 0 Å². The van der Waals surface area contributed by atoms with Crippen LogP contribution in [0.2, 0.25) is 0 Å². The summed E-state index contributed by atoms with van der Waals surface area (Å²) in [5.41, 5.74) is 1.06. The van der Waals surface area contributed by atoms with Gasteiger partial charge in [-0.15, -0.1) is 0 Å². The first kappa shape index (κ1) is 15.5. The van der Waals surface area contributed by atoms with Gasteiger partial charge >= 0.3 is 11.9 Å². The average molecular weight is 291 g/mol. The van der Waals surface area contributed by atoms with Gasteiger partial charge in [-0.2, -0.15) is 0 Å². The molecule has 21 heavy (non-hydrogen) atoms. The number of likely N-dealkylation sites (tertiary alicyclic amines) is 1. The smallest absolute Gasteiger partial charge is 0.323 e. The first-order valence-electron chi connectivity index (χ1n) is 7.08. The Kier molecular flexibility index (Phi) is 4.96. The molecule has 1 aromatic rings. The first-order valence-corrected chi connectivity index (χ1v) is 7.08. The predicted molar refractivity (Wildman–Crippen MR) is 77.5 cm³/mol. The van der Waals surface area contributed by atoms with Gasteiger partial charge < -0.3 is 9.47 Å². The van der Waals surface area contributed by atoms with Gasteiger partial charge in [0.05, 0.1) is 14.2 Å². The lowest BCUT2D eigenvalue weighted by Gasteiger charge is -2.33. The van der Waals surface area contributed by atoms with E-state index in [2.05, 4.69) is 0 Å². The van der Waals surface area contributed by atoms with Gasteiger partial charge in [0.15, 0.2) is 0 Å². The van der Waals surface area contributed by atoms with Crippen molar-refractivity contribution in [3.05, 3.63) is 35.9 Å². The molecule has 1 heterocycles. The monoisotopic (exact) mass is 291 g/mol. The molecule has 3 atom stereocenters. The van der Waals surface area contributed by atoms with Gasteiger partial charge in [-0.1, -0.05) is 30.3 Å². The quantitative estimate of drug-likeness (QED) is 0.793. The van der Waals surface area contributed by atoms with Crippen molar-refractivity contribution >= 4 is 11.9 Å². The number of esters is 2. The zero-order valence-corrected chi connectivity index (χ0v) is 12.6. The topological polar surface area (TPSA) is 55.8 Å². The van der Waals surface area contributed by atoms with E-state index in [0.29, 0.717) is 12.8 Å². The van der Waals surface area contributed by atoms with Crippen molar-refractivity contribution in [2.45, 2.75) is 37.9 Å². The van der Waals surface area contributed by atoms with Crippen LogP contribution >= 0.6 is 0 Å². The molecule has 0 aromatic heterocycles. The van der Waals surface area contributed by atoms with Crippen molar-refractivity contribution in [2.75, 3.05) is 14.2 Å². The molecule has 1 aliphatic rings. The maximum Gasteiger partial charge on any atom is 0.323 e. The fourth-order valence-corrected chi connectivity index (χ4v) is 3.03. The summed E-state index contributed by atoms with van der Waals surface area (Å²) in [6, 6.07) is 8.93. The molecule has 1 saturated heterocycles. The van der Waals surface area contributed by atoms with Crippen LogP contribution in [0.3, 0.4) is 0 Å². The second kappa shape index (κ2) is 6.72. The van der Waals surface area contributed by atoms with Crippen molar-refractivity contribution in [3.8, 4) is 0 Å². The van der Waals surface area contributed by atoms with Crippen LogP contribution < -0.4 is 0 Å². The Balaban J connectivity index is 2.31. The molecule has 0 aliphatic carbocycles. The van der Waals surface area contributed by atoms with Crippen LogP contribution in [-0.4, -0.2) is 43.1 Å². The van der Waals surface area contributed by atoms with Crippen LogP contribution in [0.1, 0.15) is 31.4 Å². The molecule has 1 aromatic carbocycles. The average Bonchev–Trinajstić information content (AvgIpc) is 2.98. The summed E-state index contributed by atoms with van der Waals surface area (Å²) in [5, 5.41) is 0. The molecule has 5 heteroatoms. The lowest BCUT2D eigenvalue weighted by atomic mass is 10.0. The van der Waals surface area contributed by atoms with Crippen LogP contribution in [0.15, 0.2) is 30.3 Å². The Labute approximate surface area is 124 Å². The van der Waals surface area contributed by atoms with E-state index in [1.165, 1.54) is 14.2 Å². The molecule has 114 valence electrons. The highest BCUT2D eigenvalue weighted by Crippen LogP contribution is 2.34. The summed E-state index contributed by atoms with van der Waals surface area (Å²) in [4.78, 5) is 25.9. The number of carbonyl (C=O) groups excluding carboxylic acids is 2. The molecule has 0 bridgehead atoms. The number of hydrogen-bond acceptors (Lipinski definition) is 5. The van der Waals surface area contributed by atoms with Gasteiger partial charge in [0.25, 0.3) is 0 Å². The molecule has 0 amide bonds. The highest BCUT2D eigenvalue weighted by Gasteiger charge is 2.45. The largest absolute Gasteiger partial charge is 0.468 e. The lowest BCUT2D eigenvalue weighted by Crippen LogP contribution is -2.46. The highest BCUT2D eigenvalue weighted by molar-refractivity contribution is 5.81. The van der Waals surface area contributed by atoms with Crippen molar-refractivity contribution in [3.63, 3.8) is 0 Å². The minimum Gasteiger partial charge on any atom is -0.468 e. The van der Waals surface area contributed by atoms with Crippen molar-refractivity contribution < 1.29 is 19.1 Å². The van der Waals surface area contributed by atoms with Crippen molar-refractivity contribution in [2.24, 2.45) is 0 Å². The minimum absolute atomic E-state index is 0.0677. The Morgan fingerprint density at radius 1 is 1.05 bits per heavy atom. The molecule has 5 nitrogen and oxygen atoms in total. The second-order valence-corrected chi connectivity index (χ2v) is 5.19. The van der Waals surface area contributed by atoms with Gasteiger partial charge in [-0.3, -0.25) is 14.5 Å². The van der Waals surface area contributed by atoms with E-state index in [9.17, 15) is 9.59 Å². The molecule has 1 aliphatic heterocycles. The van der Waals surface area contributed by atoms with Crippen molar-refractivity contribution in [1.29, 1.82) is 0 Å². The number of carbonyl (C=O) groups is 2. The summed E-state index contributed by atoms with van der Waals surface area (Å²) in [6.45, 7) is 1.99. The molecule has 0 saturated carbocycles. The van der Waals surface area contributed by atoms with Crippen LogP contribution in [0, 0.1) is 0 Å². The molecular formula is C16H21NO4.